The molecule has 3 nitrogen and oxygen atoms in total. The fourth-order valence-corrected chi connectivity index (χ4v) is 0.509. The van der Waals surface area contributed by atoms with E-state index in [9.17, 15) is 0 Å². The molecule has 0 aliphatic carbocycles. The summed E-state index contributed by atoms with van der Waals surface area (Å²) in [7, 11) is 0. The van der Waals surface area contributed by atoms with Gasteiger partial charge in [-0.2, -0.15) is 0 Å². The Hall–Kier alpha value is 0.01000. The van der Waals surface area contributed by atoms with Crippen molar-refractivity contribution in [1.82, 2.24) is 5.32 Å². The Balaban J connectivity index is 0. The van der Waals surface area contributed by atoms with Crippen LogP contribution in [0.3, 0.4) is 0 Å². The molecule has 4 N–H and O–H groups in total. The SMILES string of the molecule is Cl.Cl.N=C(N)C1CNC1. The van der Waals surface area contributed by atoms with E-state index in [1.165, 1.54) is 0 Å². The van der Waals surface area contributed by atoms with Crippen molar-refractivity contribution in [2.24, 2.45) is 11.7 Å². The minimum atomic E-state index is 0. The van der Waals surface area contributed by atoms with Crippen molar-refractivity contribution >= 4 is 30.6 Å². The van der Waals surface area contributed by atoms with E-state index in [-0.39, 0.29) is 24.8 Å². The normalized spacial score (nSPS) is 16.4. The number of hydrogen-bond donors (Lipinski definition) is 3. The molecule has 1 aliphatic heterocycles. The van der Waals surface area contributed by atoms with Gasteiger partial charge in [-0.3, -0.25) is 5.41 Å². The highest BCUT2D eigenvalue weighted by Crippen LogP contribution is 1.99. The molecule has 5 heteroatoms. The van der Waals surface area contributed by atoms with Crippen LogP contribution in [0.2, 0.25) is 0 Å². The molecule has 0 aromatic heterocycles. The average molecular weight is 172 g/mol. The molecule has 0 amide bonds. The lowest BCUT2D eigenvalue weighted by Crippen LogP contribution is -2.48. The third-order valence-electron chi connectivity index (χ3n) is 1.22. The molecule has 0 bridgehead atoms. The van der Waals surface area contributed by atoms with Gasteiger partial charge >= 0.3 is 0 Å². The molecule has 1 aliphatic rings. The molecule has 1 heterocycles. The van der Waals surface area contributed by atoms with Crippen LogP contribution in [0.4, 0.5) is 0 Å². The van der Waals surface area contributed by atoms with Crippen LogP contribution in [-0.2, 0) is 0 Å². The van der Waals surface area contributed by atoms with E-state index >= 15 is 0 Å². The first-order valence-electron chi connectivity index (χ1n) is 2.35. The topological polar surface area (TPSA) is 61.9 Å². The first kappa shape index (κ1) is 11.8. The Morgan fingerprint density at radius 2 is 1.89 bits per heavy atom. The van der Waals surface area contributed by atoms with Gasteiger partial charge in [-0.05, 0) is 0 Å². The zero-order valence-corrected chi connectivity index (χ0v) is 6.52. The molecule has 0 aromatic rings. The first-order chi connectivity index (χ1) is 3.30. The van der Waals surface area contributed by atoms with Crippen molar-refractivity contribution in [2.45, 2.75) is 0 Å². The van der Waals surface area contributed by atoms with Gasteiger partial charge in [0, 0.05) is 19.0 Å². The van der Waals surface area contributed by atoms with Crippen LogP contribution in [-0.4, -0.2) is 18.9 Å². The Bertz CT molecular complexity index is 91.8. The van der Waals surface area contributed by atoms with Gasteiger partial charge in [-0.1, -0.05) is 0 Å². The maximum Gasteiger partial charge on any atom is 0.0962 e. The van der Waals surface area contributed by atoms with Gasteiger partial charge in [0.1, 0.15) is 0 Å². The monoisotopic (exact) mass is 171 g/mol. The number of hydrogen-bond acceptors (Lipinski definition) is 2. The van der Waals surface area contributed by atoms with Crippen molar-refractivity contribution in [3.05, 3.63) is 0 Å². The van der Waals surface area contributed by atoms with E-state index in [0.717, 1.165) is 13.1 Å². The summed E-state index contributed by atoms with van der Waals surface area (Å²) >= 11 is 0. The Kier molecular flexibility index (Phi) is 6.34. The summed E-state index contributed by atoms with van der Waals surface area (Å²) < 4.78 is 0. The van der Waals surface area contributed by atoms with Gasteiger partial charge in [-0.25, -0.2) is 0 Å². The van der Waals surface area contributed by atoms with Crippen LogP contribution in [0.1, 0.15) is 0 Å². The van der Waals surface area contributed by atoms with Gasteiger partial charge in [0.25, 0.3) is 0 Å². The predicted octanol–water partition coefficient (Wildman–Crippen LogP) is -0.0146. The fraction of sp³-hybridized carbons (Fsp3) is 0.750. The highest BCUT2D eigenvalue weighted by Gasteiger charge is 2.18. The fourth-order valence-electron chi connectivity index (χ4n) is 0.509. The number of nitrogens with two attached hydrogens (primary N) is 1. The second-order valence-corrected chi connectivity index (χ2v) is 1.81. The van der Waals surface area contributed by atoms with E-state index in [1.54, 1.807) is 0 Å². The third kappa shape index (κ3) is 2.89. The smallest absolute Gasteiger partial charge is 0.0962 e. The van der Waals surface area contributed by atoms with E-state index in [1.807, 2.05) is 0 Å². The zero-order valence-electron chi connectivity index (χ0n) is 4.89. The van der Waals surface area contributed by atoms with Gasteiger partial charge in [0.05, 0.1) is 5.84 Å². The van der Waals surface area contributed by atoms with Gasteiger partial charge in [-0.15, -0.1) is 24.8 Å². The molecule has 9 heavy (non-hydrogen) atoms. The summed E-state index contributed by atoms with van der Waals surface area (Å²) in [5.41, 5.74) is 5.14. The second-order valence-electron chi connectivity index (χ2n) is 1.81. The first-order valence-corrected chi connectivity index (χ1v) is 2.35. The number of rotatable bonds is 1. The molecule has 0 atom stereocenters. The van der Waals surface area contributed by atoms with Crippen molar-refractivity contribution < 1.29 is 0 Å². The van der Waals surface area contributed by atoms with Crippen molar-refractivity contribution in [2.75, 3.05) is 13.1 Å². The predicted molar refractivity (Wildman–Crippen MR) is 42.8 cm³/mol. The van der Waals surface area contributed by atoms with Crippen LogP contribution in [0.15, 0.2) is 0 Å². The number of halogens is 2. The average Bonchev–Trinajstić information content (AvgIpc) is 1.23. The van der Waals surface area contributed by atoms with Crippen LogP contribution in [0, 0.1) is 11.3 Å². The maximum atomic E-state index is 6.89. The molecule has 1 fully saturated rings. The number of amidine groups is 1. The minimum absolute atomic E-state index is 0. The molecular weight excluding hydrogens is 161 g/mol. The van der Waals surface area contributed by atoms with Crippen LogP contribution in [0.5, 0.6) is 0 Å². The van der Waals surface area contributed by atoms with Crippen molar-refractivity contribution in [1.29, 1.82) is 5.41 Å². The Morgan fingerprint density at radius 3 is 1.89 bits per heavy atom. The van der Waals surface area contributed by atoms with Crippen molar-refractivity contribution in [3.63, 3.8) is 0 Å². The lowest BCUT2D eigenvalue weighted by molar-refractivity contribution is 0.439. The summed E-state index contributed by atoms with van der Waals surface area (Å²) in [4.78, 5) is 0. The quantitative estimate of drug-likeness (QED) is 0.384. The van der Waals surface area contributed by atoms with Gasteiger partial charge in [0.15, 0.2) is 0 Å². The lowest BCUT2D eigenvalue weighted by Gasteiger charge is -2.25. The highest BCUT2D eigenvalue weighted by molar-refractivity contribution is 5.85. The van der Waals surface area contributed by atoms with Gasteiger partial charge in [0.2, 0.25) is 0 Å². The summed E-state index contributed by atoms with van der Waals surface area (Å²) in [5, 5.41) is 9.91. The molecular formula is C4H11Cl2N3. The summed E-state index contributed by atoms with van der Waals surface area (Å²) in [6.45, 7) is 1.80. The Labute approximate surface area is 66.7 Å². The molecule has 0 unspecified atom stereocenters. The van der Waals surface area contributed by atoms with Crippen molar-refractivity contribution in [3.8, 4) is 0 Å². The van der Waals surface area contributed by atoms with E-state index < -0.39 is 0 Å². The molecule has 1 saturated heterocycles. The molecule has 0 aromatic carbocycles. The van der Waals surface area contributed by atoms with Crippen LogP contribution in [0.25, 0.3) is 0 Å². The Morgan fingerprint density at radius 1 is 1.44 bits per heavy atom. The molecule has 0 radical (unpaired) electrons. The number of nitrogens with one attached hydrogen (secondary N) is 2. The second kappa shape index (κ2) is 4.85. The summed E-state index contributed by atoms with van der Waals surface area (Å²) in [6, 6.07) is 0. The molecule has 0 saturated carbocycles. The van der Waals surface area contributed by atoms with E-state index in [0.29, 0.717) is 11.8 Å². The molecule has 0 spiro atoms. The van der Waals surface area contributed by atoms with Crippen LogP contribution < -0.4 is 11.1 Å². The third-order valence-corrected chi connectivity index (χ3v) is 1.22. The van der Waals surface area contributed by atoms with Gasteiger partial charge < -0.3 is 11.1 Å². The largest absolute Gasteiger partial charge is 0.387 e. The lowest BCUT2D eigenvalue weighted by atomic mass is 10.0. The molecule has 56 valence electrons. The minimum Gasteiger partial charge on any atom is -0.387 e. The summed E-state index contributed by atoms with van der Waals surface area (Å²) in [6.07, 6.45) is 0. The zero-order chi connectivity index (χ0) is 5.28. The van der Waals surface area contributed by atoms with Crippen LogP contribution >= 0.6 is 24.8 Å². The highest BCUT2D eigenvalue weighted by atomic mass is 35.5. The molecule has 1 rings (SSSR count). The summed E-state index contributed by atoms with van der Waals surface area (Å²) in [5.74, 6) is 0.652. The standard InChI is InChI=1S/C4H9N3.2ClH/c5-4(6)3-1-7-2-3;;/h3,7H,1-2H2,(H3,5,6);2*1H. The van der Waals surface area contributed by atoms with E-state index in [4.69, 9.17) is 11.1 Å². The maximum absolute atomic E-state index is 6.89. The van der Waals surface area contributed by atoms with E-state index in [2.05, 4.69) is 5.32 Å².